The van der Waals surface area contributed by atoms with Gasteiger partial charge in [0, 0.05) is 24.5 Å². The molecule has 0 bridgehead atoms. The number of nitrogens with one attached hydrogen (secondary N) is 1. The predicted octanol–water partition coefficient (Wildman–Crippen LogP) is 4.24. The SMILES string of the molecule is CCN(CCO)c1ccc(NCc2cc(Br)c(Br)o2)cc1. The van der Waals surface area contributed by atoms with E-state index in [2.05, 4.69) is 61.1 Å². The van der Waals surface area contributed by atoms with Crippen LogP contribution in [0.3, 0.4) is 0 Å². The maximum Gasteiger partial charge on any atom is 0.183 e. The Kier molecular flexibility index (Phi) is 6.14. The zero-order valence-electron chi connectivity index (χ0n) is 11.8. The van der Waals surface area contributed by atoms with Crippen LogP contribution in [-0.4, -0.2) is 24.8 Å². The lowest BCUT2D eigenvalue weighted by molar-refractivity contribution is 0.302. The van der Waals surface area contributed by atoms with Gasteiger partial charge >= 0.3 is 0 Å². The molecule has 0 aliphatic rings. The highest BCUT2D eigenvalue weighted by Crippen LogP contribution is 2.27. The number of halogens is 2. The Morgan fingerprint density at radius 1 is 1.24 bits per heavy atom. The van der Waals surface area contributed by atoms with Gasteiger partial charge in [0.05, 0.1) is 17.6 Å². The number of aliphatic hydroxyl groups excluding tert-OH is 1. The van der Waals surface area contributed by atoms with Gasteiger partial charge in [0.25, 0.3) is 0 Å². The molecule has 21 heavy (non-hydrogen) atoms. The quantitative estimate of drug-likeness (QED) is 0.707. The van der Waals surface area contributed by atoms with E-state index >= 15 is 0 Å². The molecule has 2 rings (SSSR count). The lowest BCUT2D eigenvalue weighted by atomic mass is 10.2. The molecule has 0 aliphatic carbocycles. The highest BCUT2D eigenvalue weighted by atomic mass is 79.9. The van der Waals surface area contributed by atoms with Gasteiger partial charge in [-0.25, -0.2) is 0 Å². The summed E-state index contributed by atoms with van der Waals surface area (Å²) < 4.78 is 7.14. The summed E-state index contributed by atoms with van der Waals surface area (Å²) in [4.78, 5) is 2.13. The molecule has 0 aliphatic heterocycles. The number of aliphatic hydroxyl groups is 1. The van der Waals surface area contributed by atoms with E-state index in [9.17, 15) is 0 Å². The summed E-state index contributed by atoms with van der Waals surface area (Å²) in [7, 11) is 0. The number of anilines is 2. The van der Waals surface area contributed by atoms with Crippen molar-refractivity contribution >= 4 is 43.2 Å². The molecular formula is C15H18Br2N2O2. The minimum absolute atomic E-state index is 0.163. The highest BCUT2D eigenvalue weighted by molar-refractivity contribution is 9.13. The fourth-order valence-electron chi connectivity index (χ4n) is 2.05. The van der Waals surface area contributed by atoms with Crippen molar-refractivity contribution in [3.63, 3.8) is 0 Å². The van der Waals surface area contributed by atoms with Crippen molar-refractivity contribution in [1.82, 2.24) is 0 Å². The largest absolute Gasteiger partial charge is 0.451 e. The predicted molar refractivity (Wildman–Crippen MR) is 92.8 cm³/mol. The molecule has 2 aromatic rings. The smallest absolute Gasteiger partial charge is 0.183 e. The van der Waals surface area contributed by atoms with Crippen LogP contribution in [0.4, 0.5) is 11.4 Å². The van der Waals surface area contributed by atoms with Crippen molar-refractivity contribution in [3.05, 3.63) is 45.2 Å². The second-order valence-corrected chi connectivity index (χ2v) is 6.11. The fourth-order valence-corrected chi connectivity index (χ4v) is 2.71. The Labute approximate surface area is 141 Å². The van der Waals surface area contributed by atoms with E-state index in [4.69, 9.17) is 9.52 Å². The van der Waals surface area contributed by atoms with E-state index in [0.717, 1.165) is 28.2 Å². The van der Waals surface area contributed by atoms with E-state index in [1.165, 1.54) is 0 Å². The van der Waals surface area contributed by atoms with E-state index in [1.807, 2.05) is 18.2 Å². The molecule has 0 saturated heterocycles. The summed E-state index contributed by atoms with van der Waals surface area (Å²) in [6.07, 6.45) is 0. The summed E-state index contributed by atoms with van der Waals surface area (Å²) in [5.74, 6) is 0.855. The molecule has 1 aromatic heterocycles. The highest BCUT2D eigenvalue weighted by Gasteiger charge is 2.06. The standard InChI is InChI=1S/C15H18Br2N2O2/c1-2-19(7-8-20)12-5-3-11(4-6-12)18-10-13-9-14(16)15(17)21-13/h3-6,9,18,20H,2,7-8,10H2,1H3. The van der Waals surface area contributed by atoms with Gasteiger partial charge in [0.1, 0.15) is 5.76 Å². The van der Waals surface area contributed by atoms with Gasteiger partial charge in [-0.15, -0.1) is 0 Å². The van der Waals surface area contributed by atoms with Gasteiger partial charge in [-0.05, 0) is 69.1 Å². The molecule has 0 radical (unpaired) electrons. The molecule has 0 spiro atoms. The Morgan fingerprint density at radius 2 is 1.95 bits per heavy atom. The Bertz CT molecular complexity index is 550. The van der Waals surface area contributed by atoms with Crippen LogP contribution in [0.1, 0.15) is 12.7 Å². The monoisotopic (exact) mass is 416 g/mol. The first kappa shape index (κ1) is 16.4. The number of benzene rings is 1. The first-order valence-corrected chi connectivity index (χ1v) is 8.36. The third kappa shape index (κ3) is 4.49. The molecule has 0 saturated carbocycles. The summed E-state index contributed by atoms with van der Waals surface area (Å²) in [6.45, 7) is 4.39. The first-order valence-electron chi connectivity index (χ1n) is 6.77. The zero-order chi connectivity index (χ0) is 15.2. The maximum absolute atomic E-state index is 9.05. The second kappa shape index (κ2) is 7.87. The second-order valence-electron chi connectivity index (χ2n) is 4.54. The fraction of sp³-hybridized carbons (Fsp3) is 0.333. The molecule has 1 heterocycles. The number of nitrogens with zero attached hydrogens (tertiary/aromatic N) is 1. The van der Waals surface area contributed by atoms with Crippen molar-refractivity contribution in [2.75, 3.05) is 29.9 Å². The summed E-state index contributed by atoms with van der Waals surface area (Å²) in [5, 5.41) is 12.4. The van der Waals surface area contributed by atoms with E-state index < -0.39 is 0 Å². The first-order chi connectivity index (χ1) is 10.1. The Balaban J connectivity index is 1.95. The van der Waals surface area contributed by atoms with E-state index in [-0.39, 0.29) is 6.61 Å². The maximum atomic E-state index is 9.05. The molecule has 6 heteroatoms. The van der Waals surface area contributed by atoms with E-state index in [0.29, 0.717) is 17.8 Å². The van der Waals surface area contributed by atoms with Crippen LogP contribution in [0.5, 0.6) is 0 Å². The summed E-state index contributed by atoms with van der Waals surface area (Å²) in [5.41, 5.74) is 2.14. The zero-order valence-corrected chi connectivity index (χ0v) is 14.9. The van der Waals surface area contributed by atoms with Crippen LogP contribution in [0.25, 0.3) is 0 Å². The average Bonchev–Trinajstić information content (AvgIpc) is 2.82. The van der Waals surface area contributed by atoms with Gasteiger partial charge in [-0.2, -0.15) is 0 Å². The molecule has 0 amide bonds. The normalized spacial score (nSPS) is 10.7. The lowest BCUT2D eigenvalue weighted by Crippen LogP contribution is -2.25. The lowest BCUT2D eigenvalue weighted by Gasteiger charge is -2.22. The van der Waals surface area contributed by atoms with Crippen LogP contribution in [0, 0.1) is 0 Å². The van der Waals surface area contributed by atoms with Crippen molar-refractivity contribution in [2.24, 2.45) is 0 Å². The number of likely N-dealkylation sites (N-methyl/N-ethyl adjacent to an activating group) is 1. The summed E-state index contributed by atoms with van der Waals surface area (Å²) in [6, 6.07) is 10.1. The molecule has 0 fully saturated rings. The van der Waals surface area contributed by atoms with Crippen LogP contribution in [0.2, 0.25) is 0 Å². The number of hydrogen-bond acceptors (Lipinski definition) is 4. The third-order valence-electron chi connectivity index (χ3n) is 3.15. The molecule has 1 aromatic carbocycles. The number of hydrogen-bond donors (Lipinski definition) is 2. The topological polar surface area (TPSA) is 48.6 Å². The molecule has 2 N–H and O–H groups in total. The number of furan rings is 1. The molecule has 4 nitrogen and oxygen atoms in total. The van der Waals surface area contributed by atoms with Crippen molar-refractivity contribution in [3.8, 4) is 0 Å². The number of rotatable bonds is 7. The van der Waals surface area contributed by atoms with Gasteiger partial charge in [-0.3, -0.25) is 0 Å². The van der Waals surface area contributed by atoms with Gasteiger partial charge in [0.2, 0.25) is 0 Å². The Morgan fingerprint density at radius 3 is 2.48 bits per heavy atom. The van der Waals surface area contributed by atoms with Crippen molar-refractivity contribution in [2.45, 2.75) is 13.5 Å². The van der Waals surface area contributed by atoms with Crippen molar-refractivity contribution < 1.29 is 9.52 Å². The van der Waals surface area contributed by atoms with Gasteiger partial charge in [-0.1, -0.05) is 0 Å². The molecule has 114 valence electrons. The van der Waals surface area contributed by atoms with E-state index in [1.54, 1.807) is 0 Å². The van der Waals surface area contributed by atoms with Crippen LogP contribution >= 0.6 is 31.9 Å². The third-order valence-corrected chi connectivity index (χ3v) is 4.86. The minimum atomic E-state index is 0.163. The molecular weight excluding hydrogens is 400 g/mol. The van der Waals surface area contributed by atoms with Gasteiger partial charge < -0.3 is 19.7 Å². The van der Waals surface area contributed by atoms with Crippen LogP contribution in [0.15, 0.2) is 43.9 Å². The Hall–Kier alpha value is -0.980. The van der Waals surface area contributed by atoms with Crippen LogP contribution in [-0.2, 0) is 6.54 Å². The van der Waals surface area contributed by atoms with Crippen molar-refractivity contribution in [1.29, 1.82) is 0 Å². The van der Waals surface area contributed by atoms with Crippen LogP contribution < -0.4 is 10.2 Å². The molecule has 0 unspecified atom stereocenters. The van der Waals surface area contributed by atoms with Gasteiger partial charge in [0.15, 0.2) is 4.67 Å². The molecule has 0 atom stereocenters. The minimum Gasteiger partial charge on any atom is -0.451 e. The summed E-state index contributed by atoms with van der Waals surface area (Å²) >= 11 is 6.72. The average molecular weight is 418 g/mol.